The van der Waals surface area contributed by atoms with E-state index in [1.165, 1.54) is 13.2 Å². The molecule has 4 nitrogen and oxygen atoms in total. The Labute approximate surface area is 105 Å². The highest BCUT2D eigenvalue weighted by Gasteiger charge is 2.32. The first-order chi connectivity index (χ1) is 8.52. The largest absolute Gasteiger partial charge is 0.493 e. The smallest absolute Gasteiger partial charge is 0.307 e. The van der Waals surface area contributed by atoms with Crippen LogP contribution in [0.25, 0.3) is 0 Å². The number of nitrogens with one attached hydrogen (secondary N) is 1. The number of benzene rings is 1. The van der Waals surface area contributed by atoms with E-state index in [2.05, 4.69) is 5.32 Å². The van der Waals surface area contributed by atoms with Crippen molar-refractivity contribution in [3.05, 3.63) is 29.1 Å². The molecule has 2 atom stereocenters. The first-order valence-electron chi connectivity index (χ1n) is 5.83. The predicted molar refractivity (Wildman–Crippen MR) is 64.2 cm³/mol. The summed E-state index contributed by atoms with van der Waals surface area (Å²) >= 11 is 0. The number of aryl methyl sites for hydroxylation is 1. The van der Waals surface area contributed by atoms with Gasteiger partial charge in [-0.15, -0.1) is 0 Å². The molecule has 0 spiro atoms. The molecule has 0 radical (unpaired) electrons. The summed E-state index contributed by atoms with van der Waals surface area (Å²) in [5.74, 6) is -1.46. The van der Waals surface area contributed by atoms with Crippen molar-refractivity contribution in [2.24, 2.45) is 5.92 Å². The molecule has 98 valence electrons. The van der Waals surface area contributed by atoms with Gasteiger partial charge in [-0.25, -0.2) is 4.39 Å². The third kappa shape index (κ3) is 2.31. The van der Waals surface area contributed by atoms with Crippen LogP contribution in [0.2, 0.25) is 0 Å². The molecule has 0 aromatic heterocycles. The van der Waals surface area contributed by atoms with Gasteiger partial charge in [0.15, 0.2) is 11.6 Å². The Morgan fingerprint density at radius 1 is 1.56 bits per heavy atom. The van der Waals surface area contributed by atoms with E-state index < -0.39 is 17.7 Å². The Bertz CT molecular complexity index is 476. The molecular weight excluding hydrogens is 237 g/mol. The molecule has 1 aromatic carbocycles. The number of ether oxygens (including phenoxy) is 1. The summed E-state index contributed by atoms with van der Waals surface area (Å²) in [6, 6.07) is 3.07. The second-order valence-electron chi connectivity index (χ2n) is 4.60. The Morgan fingerprint density at radius 3 is 2.83 bits per heavy atom. The van der Waals surface area contributed by atoms with E-state index in [-0.39, 0.29) is 11.8 Å². The van der Waals surface area contributed by atoms with Crippen LogP contribution in [0, 0.1) is 18.7 Å². The summed E-state index contributed by atoms with van der Waals surface area (Å²) in [4.78, 5) is 10.9. The minimum Gasteiger partial charge on any atom is -0.493 e. The Morgan fingerprint density at radius 2 is 2.28 bits per heavy atom. The van der Waals surface area contributed by atoms with Gasteiger partial charge >= 0.3 is 5.97 Å². The number of aliphatic carboxylic acids is 1. The molecule has 18 heavy (non-hydrogen) atoms. The average Bonchev–Trinajstić information content (AvgIpc) is 2.77. The van der Waals surface area contributed by atoms with Crippen LogP contribution >= 0.6 is 0 Å². The van der Waals surface area contributed by atoms with Gasteiger partial charge in [-0.3, -0.25) is 4.79 Å². The first-order valence-corrected chi connectivity index (χ1v) is 5.83. The molecular formula is C13H16FNO3. The predicted octanol–water partition coefficient (Wildman–Crippen LogP) is 1.88. The Kier molecular flexibility index (Phi) is 3.52. The van der Waals surface area contributed by atoms with Gasteiger partial charge in [0, 0.05) is 18.2 Å². The fourth-order valence-corrected chi connectivity index (χ4v) is 2.39. The molecule has 0 saturated carbocycles. The normalized spacial score (nSPS) is 23.1. The molecule has 0 bridgehead atoms. The lowest BCUT2D eigenvalue weighted by Gasteiger charge is -2.16. The zero-order valence-corrected chi connectivity index (χ0v) is 10.4. The molecule has 2 N–H and O–H groups in total. The van der Waals surface area contributed by atoms with Crippen molar-refractivity contribution in [1.82, 2.24) is 5.32 Å². The van der Waals surface area contributed by atoms with E-state index in [0.29, 0.717) is 18.5 Å². The minimum absolute atomic E-state index is 0.171. The summed E-state index contributed by atoms with van der Waals surface area (Å²) < 4.78 is 18.8. The summed E-state index contributed by atoms with van der Waals surface area (Å²) in [5.41, 5.74) is 1.49. The van der Waals surface area contributed by atoms with Gasteiger partial charge in [-0.05, 0) is 25.0 Å². The number of carboxylic acid groups (broad SMARTS) is 1. The van der Waals surface area contributed by atoms with Gasteiger partial charge < -0.3 is 15.2 Å². The average molecular weight is 253 g/mol. The second kappa shape index (κ2) is 4.94. The topological polar surface area (TPSA) is 58.6 Å². The van der Waals surface area contributed by atoms with E-state index in [1.54, 1.807) is 6.92 Å². The number of halogens is 1. The molecule has 0 amide bonds. The maximum atomic E-state index is 13.8. The number of carboxylic acids is 1. The van der Waals surface area contributed by atoms with Gasteiger partial charge in [-0.1, -0.05) is 6.07 Å². The van der Waals surface area contributed by atoms with Crippen molar-refractivity contribution < 1.29 is 19.0 Å². The molecule has 1 fully saturated rings. The molecule has 1 saturated heterocycles. The van der Waals surface area contributed by atoms with Gasteiger partial charge in [0.05, 0.1) is 13.0 Å². The highest BCUT2D eigenvalue weighted by molar-refractivity contribution is 5.71. The third-order valence-electron chi connectivity index (χ3n) is 3.28. The molecule has 2 unspecified atom stereocenters. The molecule has 2 rings (SSSR count). The van der Waals surface area contributed by atoms with E-state index in [1.807, 2.05) is 6.07 Å². The standard InChI is InChI=1S/C13H16FNO3/c1-7-3-9(12(18-2)10(14)4-7)11-5-8(6-15-11)13(16)17/h3-4,8,11,15H,5-6H2,1-2H3,(H,16,17). The lowest BCUT2D eigenvalue weighted by Crippen LogP contribution is -2.17. The number of hydrogen-bond donors (Lipinski definition) is 2. The van der Waals surface area contributed by atoms with Crippen LogP contribution in [0.15, 0.2) is 12.1 Å². The van der Waals surface area contributed by atoms with Crippen LogP contribution in [-0.2, 0) is 4.79 Å². The van der Waals surface area contributed by atoms with Gasteiger partial charge in [0.2, 0.25) is 0 Å². The third-order valence-corrected chi connectivity index (χ3v) is 3.28. The first kappa shape index (κ1) is 12.8. The molecule has 1 aliphatic heterocycles. The van der Waals surface area contributed by atoms with E-state index in [4.69, 9.17) is 9.84 Å². The zero-order valence-electron chi connectivity index (χ0n) is 10.4. The summed E-state index contributed by atoms with van der Waals surface area (Å²) in [6.45, 7) is 2.20. The van der Waals surface area contributed by atoms with Crippen LogP contribution in [-0.4, -0.2) is 24.7 Å². The maximum absolute atomic E-state index is 13.8. The van der Waals surface area contributed by atoms with Crippen molar-refractivity contribution in [3.63, 3.8) is 0 Å². The van der Waals surface area contributed by atoms with E-state index in [0.717, 1.165) is 5.56 Å². The number of carbonyl (C=O) groups is 1. The SMILES string of the molecule is COc1c(F)cc(C)cc1C1CC(C(=O)O)CN1. The fourth-order valence-electron chi connectivity index (χ4n) is 2.39. The van der Waals surface area contributed by atoms with E-state index >= 15 is 0 Å². The quantitative estimate of drug-likeness (QED) is 0.863. The summed E-state index contributed by atoms with van der Waals surface area (Å²) in [5, 5.41) is 12.1. The Balaban J connectivity index is 2.31. The van der Waals surface area contributed by atoms with Crippen molar-refractivity contribution in [2.75, 3.05) is 13.7 Å². The van der Waals surface area contributed by atoms with Gasteiger partial charge in [0.1, 0.15) is 0 Å². The van der Waals surface area contributed by atoms with E-state index in [9.17, 15) is 9.18 Å². The fraction of sp³-hybridized carbons (Fsp3) is 0.462. The van der Waals surface area contributed by atoms with Crippen LogP contribution in [0.1, 0.15) is 23.6 Å². The lowest BCUT2D eigenvalue weighted by atomic mass is 9.97. The number of methoxy groups -OCH3 is 1. The molecule has 1 aromatic rings. The molecule has 1 aliphatic rings. The number of hydrogen-bond acceptors (Lipinski definition) is 3. The van der Waals surface area contributed by atoms with Crippen molar-refractivity contribution in [2.45, 2.75) is 19.4 Å². The minimum atomic E-state index is -0.822. The number of rotatable bonds is 3. The molecule has 1 heterocycles. The van der Waals surface area contributed by atoms with Crippen molar-refractivity contribution in [3.8, 4) is 5.75 Å². The van der Waals surface area contributed by atoms with Crippen LogP contribution < -0.4 is 10.1 Å². The zero-order chi connectivity index (χ0) is 13.3. The molecule has 5 heteroatoms. The highest BCUT2D eigenvalue weighted by atomic mass is 19.1. The lowest BCUT2D eigenvalue weighted by molar-refractivity contribution is -0.141. The molecule has 0 aliphatic carbocycles. The van der Waals surface area contributed by atoms with Crippen molar-refractivity contribution >= 4 is 5.97 Å². The highest BCUT2D eigenvalue weighted by Crippen LogP contribution is 2.35. The van der Waals surface area contributed by atoms with Crippen LogP contribution in [0.4, 0.5) is 4.39 Å². The summed E-state index contributed by atoms with van der Waals surface area (Å²) in [7, 11) is 1.42. The Hall–Kier alpha value is -1.62. The monoisotopic (exact) mass is 253 g/mol. The summed E-state index contributed by atoms with van der Waals surface area (Å²) in [6.07, 6.45) is 0.453. The second-order valence-corrected chi connectivity index (χ2v) is 4.60. The van der Waals surface area contributed by atoms with Crippen LogP contribution in [0.3, 0.4) is 0 Å². The maximum Gasteiger partial charge on any atom is 0.307 e. The van der Waals surface area contributed by atoms with Gasteiger partial charge in [-0.2, -0.15) is 0 Å². The van der Waals surface area contributed by atoms with Crippen LogP contribution in [0.5, 0.6) is 5.75 Å². The van der Waals surface area contributed by atoms with Gasteiger partial charge in [0.25, 0.3) is 0 Å². The van der Waals surface area contributed by atoms with Crippen molar-refractivity contribution in [1.29, 1.82) is 0 Å².